The van der Waals surface area contributed by atoms with E-state index in [1.54, 1.807) is 0 Å². The lowest BCUT2D eigenvalue weighted by Crippen LogP contribution is -2.43. The second-order valence-electron chi connectivity index (χ2n) is 8.23. The first-order chi connectivity index (χ1) is 13.7. The molecule has 160 valence electrons. The van der Waals surface area contributed by atoms with Crippen LogP contribution in [0.5, 0.6) is 0 Å². The number of H-pyrrole nitrogens is 1. The lowest BCUT2D eigenvalue weighted by atomic mass is 10.0. The van der Waals surface area contributed by atoms with Crippen molar-refractivity contribution in [3.05, 3.63) is 45.2 Å². The van der Waals surface area contributed by atoms with Crippen LogP contribution < -0.4 is 10.9 Å². The Kier molecular flexibility index (Phi) is 8.61. The van der Waals surface area contributed by atoms with Gasteiger partial charge in [0.1, 0.15) is 0 Å². The van der Waals surface area contributed by atoms with Crippen LogP contribution in [0.1, 0.15) is 23.1 Å². The van der Waals surface area contributed by atoms with Crippen LogP contribution in [0.3, 0.4) is 0 Å². The molecule has 1 heterocycles. The number of aryl methyl sites for hydroxylation is 2. The summed E-state index contributed by atoms with van der Waals surface area (Å²) in [5, 5.41) is 5.15. The van der Waals surface area contributed by atoms with Crippen molar-refractivity contribution in [2.75, 3.05) is 54.4 Å². The number of hydrogen-bond acceptors (Lipinski definition) is 4. The third kappa shape index (κ3) is 6.80. The van der Waals surface area contributed by atoms with Gasteiger partial charge < -0.3 is 25.0 Å². The zero-order valence-corrected chi connectivity index (χ0v) is 19.4. The van der Waals surface area contributed by atoms with Gasteiger partial charge in [0.2, 0.25) is 0 Å². The molecule has 0 radical (unpaired) electrons. The van der Waals surface area contributed by atoms with Crippen molar-refractivity contribution in [2.45, 2.75) is 26.8 Å². The molecule has 0 saturated heterocycles. The van der Waals surface area contributed by atoms with Crippen molar-refractivity contribution in [2.24, 2.45) is 0 Å². The van der Waals surface area contributed by atoms with Crippen molar-refractivity contribution < 1.29 is 0 Å². The van der Waals surface area contributed by atoms with Gasteiger partial charge in [-0.2, -0.15) is 0 Å². The molecule has 1 aromatic carbocycles. The van der Waals surface area contributed by atoms with Gasteiger partial charge in [-0.15, -0.1) is 0 Å². The molecule has 2 N–H and O–H groups in total. The molecule has 29 heavy (non-hydrogen) atoms. The second-order valence-corrected chi connectivity index (χ2v) is 8.61. The first kappa shape index (κ1) is 23.3. The Morgan fingerprint density at radius 1 is 1.03 bits per heavy atom. The molecule has 0 bridgehead atoms. The van der Waals surface area contributed by atoms with Gasteiger partial charge in [-0.3, -0.25) is 4.79 Å². The summed E-state index contributed by atoms with van der Waals surface area (Å²) in [6.07, 6.45) is 1.02. The predicted octanol–water partition coefficient (Wildman–Crippen LogP) is 2.33. The number of likely N-dealkylation sites (N-methyl/N-ethyl adjacent to an activating group) is 1. The Morgan fingerprint density at radius 2 is 1.69 bits per heavy atom. The van der Waals surface area contributed by atoms with Crippen molar-refractivity contribution in [3.8, 4) is 0 Å². The summed E-state index contributed by atoms with van der Waals surface area (Å²) in [5.74, 6) is 0. The number of aromatic nitrogens is 1. The van der Waals surface area contributed by atoms with E-state index in [4.69, 9.17) is 12.2 Å². The van der Waals surface area contributed by atoms with Crippen LogP contribution in [0.25, 0.3) is 10.9 Å². The van der Waals surface area contributed by atoms with E-state index in [0.717, 1.165) is 60.2 Å². The quantitative estimate of drug-likeness (QED) is 0.483. The predicted molar refractivity (Wildman–Crippen MR) is 127 cm³/mol. The summed E-state index contributed by atoms with van der Waals surface area (Å²) in [6.45, 7) is 8.04. The first-order valence-electron chi connectivity index (χ1n) is 10.1. The van der Waals surface area contributed by atoms with Crippen LogP contribution in [-0.4, -0.2) is 79.2 Å². The molecule has 0 amide bonds. The molecule has 0 fully saturated rings. The highest BCUT2D eigenvalue weighted by atomic mass is 32.1. The van der Waals surface area contributed by atoms with Crippen LogP contribution in [-0.2, 0) is 6.54 Å². The van der Waals surface area contributed by atoms with Gasteiger partial charge >= 0.3 is 0 Å². The topological polar surface area (TPSA) is 54.6 Å². The Labute approximate surface area is 179 Å². The molecule has 7 heteroatoms. The van der Waals surface area contributed by atoms with Gasteiger partial charge in [0.25, 0.3) is 5.56 Å². The molecule has 0 unspecified atom stereocenters. The monoisotopic (exact) mass is 417 g/mol. The number of hydrogen-bond donors (Lipinski definition) is 2. The van der Waals surface area contributed by atoms with Gasteiger partial charge in [0.05, 0.1) is 12.1 Å². The van der Waals surface area contributed by atoms with E-state index < -0.39 is 0 Å². The van der Waals surface area contributed by atoms with E-state index in [-0.39, 0.29) is 5.56 Å². The molecule has 6 nitrogen and oxygen atoms in total. The van der Waals surface area contributed by atoms with Gasteiger partial charge in [0.15, 0.2) is 5.11 Å². The van der Waals surface area contributed by atoms with Crippen LogP contribution in [0.4, 0.5) is 0 Å². The van der Waals surface area contributed by atoms with Crippen molar-refractivity contribution in [1.29, 1.82) is 0 Å². The fourth-order valence-corrected chi connectivity index (χ4v) is 3.47. The highest BCUT2D eigenvalue weighted by Gasteiger charge is 2.14. The Morgan fingerprint density at radius 3 is 2.34 bits per heavy atom. The Hall–Kier alpha value is -1.96. The number of benzene rings is 1. The smallest absolute Gasteiger partial charge is 0.253 e. The Bertz CT molecular complexity index is 891. The first-order valence-corrected chi connectivity index (χ1v) is 10.5. The molecule has 2 rings (SSSR count). The summed E-state index contributed by atoms with van der Waals surface area (Å²) in [6, 6.07) is 6.16. The van der Waals surface area contributed by atoms with Crippen LogP contribution >= 0.6 is 12.2 Å². The SMILES string of the molecule is Cc1ccc(C)c2[nH]c(=O)c(CN(CCN(C)C)C(=S)NCCCN(C)C)cc12. The number of nitrogens with one attached hydrogen (secondary N) is 2. The highest BCUT2D eigenvalue weighted by molar-refractivity contribution is 7.80. The van der Waals surface area contributed by atoms with Gasteiger partial charge in [-0.05, 0) is 84.4 Å². The lowest BCUT2D eigenvalue weighted by molar-refractivity contribution is 0.321. The molecule has 1 aromatic heterocycles. The molecule has 0 aliphatic heterocycles. The zero-order chi connectivity index (χ0) is 21.6. The van der Waals surface area contributed by atoms with Gasteiger partial charge in [-0.25, -0.2) is 0 Å². The van der Waals surface area contributed by atoms with Gasteiger partial charge in [-0.1, -0.05) is 12.1 Å². The second kappa shape index (κ2) is 10.7. The average Bonchev–Trinajstić information content (AvgIpc) is 2.65. The third-order valence-electron chi connectivity index (χ3n) is 5.04. The maximum absolute atomic E-state index is 12.8. The minimum atomic E-state index is -0.0449. The number of thiocarbonyl (C=S) groups is 1. The zero-order valence-electron chi connectivity index (χ0n) is 18.6. The number of pyridine rings is 1. The number of rotatable bonds is 9. The van der Waals surface area contributed by atoms with Crippen molar-refractivity contribution >= 4 is 28.2 Å². The number of aromatic amines is 1. The lowest BCUT2D eigenvalue weighted by Gasteiger charge is -2.27. The van der Waals surface area contributed by atoms with Crippen LogP contribution in [0, 0.1) is 13.8 Å². The minimum absolute atomic E-state index is 0.0449. The largest absolute Gasteiger partial charge is 0.363 e. The van der Waals surface area contributed by atoms with Crippen LogP contribution in [0.15, 0.2) is 23.0 Å². The Balaban J connectivity index is 2.21. The van der Waals surface area contributed by atoms with E-state index in [2.05, 4.69) is 52.1 Å². The molecule has 0 spiro atoms. The molecular formula is C22H35N5OS. The van der Waals surface area contributed by atoms with E-state index in [1.807, 2.05) is 33.2 Å². The molecular weight excluding hydrogens is 382 g/mol. The number of fused-ring (bicyclic) bond motifs is 1. The summed E-state index contributed by atoms with van der Waals surface area (Å²) in [7, 11) is 8.22. The maximum atomic E-state index is 12.8. The molecule has 0 aliphatic rings. The normalized spacial score (nSPS) is 11.4. The molecule has 0 saturated carbocycles. The maximum Gasteiger partial charge on any atom is 0.253 e. The van der Waals surface area contributed by atoms with E-state index in [1.165, 1.54) is 0 Å². The number of nitrogens with zero attached hydrogens (tertiary/aromatic N) is 3. The van der Waals surface area contributed by atoms with E-state index in [9.17, 15) is 4.79 Å². The molecule has 2 aromatic rings. The van der Waals surface area contributed by atoms with E-state index in [0.29, 0.717) is 11.7 Å². The summed E-state index contributed by atoms with van der Waals surface area (Å²) in [5.41, 5.74) is 3.85. The van der Waals surface area contributed by atoms with E-state index >= 15 is 0 Å². The van der Waals surface area contributed by atoms with Crippen molar-refractivity contribution in [3.63, 3.8) is 0 Å². The molecule has 0 aliphatic carbocycles. The highest BCUT2D eigenvalue weighted by Crippen LogP contribution is 2.20. The summed E-state index contributed by atoms with van der Waals surface area (Å²) >= 11 is 5.66. The summed E-state index contributed by atoms with van der Waals surface area (Å²) < 4.78 is 0. The standard InChI is InChI=1S/C22H35N5OS/c1-16-8-9-17(2)20-19(16)14-18(21(28)24-20)15-27(13-12-26(5)6)22(29)23-10-7-11-25(3)4/h8-9,14H,7,10-13,15H2,1-6H3,(H,23,29)(H,24,28). The fourth-order valence-electron chi connectivity index (χ4n) is 3.22. The van der Waals surface area contributed by atoms with Crippen molar-refractivity contribution in [1.82, 2.24) is 25.0 Å². The molecule has 0 atom stereocenters. The fraction of sp³-hybridized carbons (Fsp3) is 0.545. The minimum Gasteiger partial charge on any atom is -0.363 e. The van der Waals surface area contributed by atoms with Gasteiger partial charge in [0, 0.05) is 30.6 Å². The van der Waals surface area contributed by atoms with Crippen LogP contribution in [0.2, 0.25) is 0 Å². The average molecular weight is 418 g/mol. The summed E-state index contributed by atoms with van der Waals surface area (Å²) in [4.78, 5) is 22.2. The third-order valence-corrected chi connectivity index (χ3v) is 5.45.